The Morgan fingerprint density at radius 2 is 1.97 bits per heavy atom. The van der Waals surface area contributed by atoms with Crippen LogP contribution in [0.2, 0.25) is 5.02 Å². The van der Waals surface area contributed by atoms with Gasteiger partial charge in [0, 0.05) is 22.5 Å². The van der Waals surface area contributed by atoms with Crippen molar-refractivity contribution in [3.63, 3.8) is 0 Å². The molecule has 4 rings (SSSR count). The molecule has 7 nitrogen and oxygen atoms in total. The number of ether oxygens (including phenoxy) is 1. The number of anilines is 1. The maximum atomic E-state index is 12.6. The lowest BCUT2D eigenvalue weighted by Crippen LogP contribution is -2.15. The Morgan fingerprint density at radius 1 is 1.20 bits per heavy atom. The van der Waals surface area contributed by atoms with Crippen LogP contribution in [0.5, 0.6) is 5.75 Å². The van der Waals surface area contributed by atoms with Gasteiger partial charge in [-0.05, 0) is 51.5 Å². The third-order valence-electron chi connectivity index (χ3n) is 5.30. The number of carbonyl (C=O) groups excluding carboxylic acids is 1. The van der Waals surface area contributed by atoms with Crippen LogP contribution in [0, 0.1) is 13.8 Å². The van der Waals surface area contributed by atoms with E-state index in [-0.39, 0.29) is 17.8 Å². The van der Waals surface area contributed by atoms with Gasteiger partial charge in [-0.2, -0.15) is 0 Å². The molecule has 0 fully saturated rings. The van der Waals surface area contributed by atoms with Crippen LogP contribution in [0.3, 0.4) is 0 Å². The standard InChI is InChI=1S/C25H26ClN5O2S2/c1-5-31-23(17(4)33-19-10-11-20(26)16(3)12-19)29-30-25(31)35-14-22(32)28-24-27-21(13-34-24)18-8-6-15(2)7-9-18/h6-13,17H,5,14H2,1-4H3,(H,27,28,32). The van der Waals surface area contributed by atoms with E-state index in [4.69, 9.17) is 16.3 Å². The number of nitrogens with one attached hydrogen (secondary N) is 1. The molecule has 0 saturated carbocycles. The van der Waals surface area contributed by atoms with Gasteiger partial charge >= 0.3 is 0 Å². The molecule has 0 aliphatic rings. The summed E-state index contributed by atoms with van der Waals surface area (Å²) >= 11 is 8.85. The Morgan fingerprint density at radius 3 is 2.69 bits per heavy atom. The minimum atomic E-state index is -0.318. The summed E-state index contributed by atoms with van der Waals surface area (Å²) in [5.41, 5.74) is 4.01. The molecule has 182 valence electrons. The van der Waals surface area contributed by atoms with Gasteiger partial charge in [-0.1, -0.05) is 53.2 Å². The van der Waals surface area contributed by atoms with Crippen LogP contribution in [0.1, 0.15) is 36.9 Å². The number of hydrogen-bond acceptors (Lipinski definition) is 7. The van der Waals surface area contributed by atoms with Crippen LogP contribution in [0.25, 0.3) is 11.3 Å². The van der Waals surface area contributed by atoms with Gasteiger partial charge in [-0.15, -0.1) is 21.5 Å². The van der Waals surface area contributed by atoms with Gasteiger partial charge in [0.05, 0.1) is 11.4 Å². The van der Waals surface area contributed by atoms with Gasteiger partial charge in [-0.25, -0.2) is 4.98 Å². The summed E-state index contributed by atoms with van der Waals surface area (Å²) in [4.78, 5) is 17.1. The number of hydrogen-bond donors (Lipinski definition) is 1. The minimum absolute atomic E-state index is 0.145. The topological polar surface area (TPSA) is 81.9 Å². The Balaban J connectivity index is 1.36. The second-order valence-corrected chi connectivity index (χ2v) is 10.2. The van der Waals surface area contributed by atoms with Gasteiger partial charge in [0.1, 0.15) is 5.75 Å². The summed E-state index contributed by atoms with van der Waals surface area (Å²) < 4.78 is 8.03. The average Bonchev–Trinajstić information content (AvgIpc) is 3.47. The van der Waals surface area contributed by atoms with E-state index in [1.807, 2.05) is 80.1 Å². The Kier molecular flexibility index (Phi) is 8.10. The van der Waals surface area contributed by atoms with E-state index in [0.717, 1.165) is 16.8 Å². The molecule has 1 amide bonds. The van der Waals surface area contributed by atoms with E-state index < -0.39 is 0 Å². The van der Waals surface area contributed by atoms with E-state index in [2.05, 4.69) is 20.5 Å². The second kappa shape index (κ2) is 11.2. The molecule has 0 saturated heterocycles. The van der Waals surface area contributed by atoms with Crippen LogP contribution >= 0.6 is 34.7 Å². The number of thiazole rings is 1. The fraction of sp³-hybridized carbons (Fsp3) is 0.280. The summed E-state index contributed by atoms with van der Waals surface area (Å²) in [7, 11) is 0. The first-order chi connectivity index (χ1) is 16.8. The largest absolute Gasteiger partial charge is 0.483 e. The third-order valence-corrected chi connectivity index (χ3v) is 7.45. The highest BCUT2D eigenvalue weighted by Crippen LogP contribution is 2.28. The molecule has 2 aromatic carbocycles. The molecule has 2 aromatic heterocycles. The smallest absolute Gasteiger partial charge is 0.236 e. The highest BCUT2D eigenvalue weighted by atomic mass is 35.5. The molecule has 1 N–H and O–H groups in total. The first kappa shape index (κ1) is 25.2. The van der Waals surface area contributed by atoms with Crippen molar-refractivity contribution in [3.8, 4) is 17.0 Å². The fourth-order valence-corrected chi connectivity index (χ4v) is 5.09. The van der Waals surface area contributed by atoms with Crippen molar-refractivity contribution >= 4 is 45.7 Å². The Bertz CT molecular complexity index is 1320. The molecule has 4 aromatic rings. The molecule has 0 radical (unpaired) electrons. The lowest BCUT2D eigenvalue weighted by molar-refractivity contribution is -0.113. The van der Waals surface area contributed by atoms with Gasteiger partial charge in [0.25, 0.3) is 0 Å². The number of thioether (sulfide) groups is 1. The lowest BCUT2D eigenvalue weighted by Gasteiger charge is -2.16. The summed E-state index contributed by atoms with van der Waals surface area (Å²) in [6, 6.07) is 13.7. The molecule has 10 heteroatoms. The normalized spacial score (nSPS) is 11.9. The number of benzene rings is 2. The van der Waals surface area contributed by atoms with Crippen LogP contribution in [-0.2, 0) is 11.3 Å². The number of rotatable bonds is 9. The van der Waals surface area contributed by atoms with Crippen molar-refractivity contribution in [2.45, 2.75) is 45.5 Å². The summed E-state index contributed by atoms with van der Waals surface area (Å²) in [6.07, 6.45) is -0.318. The van der Waals surface area contributed by atoms with Gasteiger partial charge in [0.2, 0.25) is 5.91 Å². The second-order valence-electron chi connectivity index (χ2n) is 8.00. The zero-order valence-electron chi connectivity index (χ0n) is 19.9. The van der Waals surface area contributed by atoms with E-state index in [1.165, 1.54) is 28.7 Å². The number of carbonyl (C=O) groups is 1. The van der Waals surface area contributed by atoms with Crippen molar-refractivity contribution in [3.05, 3.63) is 69.8 Å². The molecule has 0 bridgehead atoms. The van der Waals surface area contributed by atoms with Crippen LogP contribution in [-0.4, -0.2) is 31.4 Å². The zero-order valence-corrected chi connectivity index (χ0v) is 22.3. The minimum Gasteiger partial charge on any atom is -0.483 e. The molecule has 1 atom stereocenters. The van der Waals surface area contributed by atoms with Gasteiger partial charge in [0.15, 0.2) is 22.2 Å². The first-order valence-corrected chi connectivity index (χ1v) is 13.4. The average molecular weight is 528 g/mol. The molecule has 1 unspecified atom stereocenters. The van der Waals surface area contributed by atoms with Crippen LogP contribution < -0.4 is 10.1 Å². The summed E-state index contributed by atoms with van der Waals surface area (Å²) in [5, 5.41) is 15.4. The van der Waals surface area contributed by atoms with E-state index in [9.17, 15) is 4.79 Å². The molecule has 0 spiro atoms. The molecule has 0 aliphatic carbocycles. The predicted molar refractivity (Wildman–Crippen MR) is 143 cm³/mol. The number of amides is 1. The monoisotopic (exact) mass is 527 g/mol. The number of nitrogens with zero attached hydrogens (tertiary/aromatic N) is 4. The van der Waals surface area contributed by atoms with E-state index in [0.29, 0.717) is 33.4 Å². The summed E-state index contributed by atoms with van der Waals surface area (Å²) in [5.74, 6) is 1.47. The maximum Gasteiger partial charge on any atom is 0.236 e. The maximum absolute atomic E-state index is 12.6. The first-order valence-electron chi connectivity index (χ1n) is 11.1. The van der Waals surface area contributed by atoms with Gasteiger partial charge < -0.3 is 14.6 Å². The quantitative estimate of drug-likeness (QED) is 0.248. The number of halogens is 1. The number of aromatic nitrogens is 4. The Labute approximate surface area is 217 Å². The van der Waals surface area contributed by atoms with E-state index in [1.54, 1.807) is 0 Å². The van der Waals surface area contributed by atoms with Crippen LogP contribution in [0.4, 0.5) is 5.13 Å². The predicted octanol–water partition coefficient (Wildman–Crippen LogP) is 6.56. The zero-order chi connectivity index (χ0) is 24.9. The molecule has 0 aliphatic heterocycles. The third kappa shape index (κ3) is 6.22. The van der Waals surface area contributed by atoms with Crippen molar-refractivity contribution in [1.29, 1.82) is 0 Å². The molecular formula is C25H26ClN5O2S2. The van der Waals surface area contributed by atoms with E-state index >= 15 is 0 Å². The summed E-state index contributed by atoms with van der Waals surface area (Å²) in [6.45, 7) is 8.58. The van der Waals surface area contributed by atoms with Crippen molar-refractivity contribution in [1.82, 2.24) is 19.7 Å². The van der Waals surface area contributed by atoms with Crippen molar-refractivity contribution < 1.29 is 9.53 Å². The highest BCUT2D eigenvalue weighted by molar-refractivity contribution is 7.99. The molecular weight excluding hydrogens is 502 g/mol. The highest BCUT2D eigenvalue weighted by Gasteiger charge is 2.20. The van der Waals surface area contributed by atoms with Crippen molar-refractivity contribution in [2.24, 2.45) is 0 Å². The molecule has 2 heterocycles. The van der Waals surface area contributed by atoms with Gasteiger partial charge in [-0.3, -0.25) is 4.79 Å². The SMILES string of the molecule is CCn1c(SCC(=O)Nc2nc(-c3ccc(C)cc3)cs2)nnc1C(C)Oc1ccc(Cl)c(C)c1. The Hall–Kier alpha value is -2.88. The fourth-order valence-electron chi connectivity index (χ4n) is 3.43. The number of aryl methyl sites for hydroxylation is 2. The van der Waals surface area contributed by atoms with Crippen LogP contribution in [0.15, 0.2) is 53.0 Å². The lowest BCUT2D eigenvalue weighted by atomic mass is 10.1. The molecule has 35 heavy (non-hydrogen) atoms. The van der Waals surface area contributed by atoms with Crippen molar-refractivity contribution in [2.75, 3.05) is 11.1 Å².